The molecule has 3 aromatic rings. The van der Waals surface area contributed by atoms with Crippen LogP contribution in [0.1, 0.15) is 49.3 Å². The fraction of sp³-hybridized carbons (Fsp3) is 0.486. The maximum atomic E-state index is 11.5. The van der Waals surface area contributed by atoms with Gasteiger partial charge in [-0.3, -0.25) is 19.6 Å². The Hall–Kier alpha value is -3.63. The Morgan fingerprint density at radius 2 is 2.00 bits per heavy atom. The third-order valence-corrected chi connectivity index (χ3v) is 9.91. The predicted octanol–water partition coefficient (Wildman–Crippen LogP) is 5.56. The minimum absolute atomic E-state index is 0.0646. The highest BCUT2D eigenvalue weighted by molar-refractivity contribution is 5.89. The molecule has 3 unspecified atom stereocenters. The molecule has 4 heterocycles. The fourth-order valence-corrected chi connectivity index (χ4v) is 7.17. The number of aromatic nitrogens is 2. The molecule has 0 amide bonds. The van der Waals surface area contributed by atoms with Crippen LogP contribution in [0.25, 0.3) is 16.5 Å². The zero-order chi connectivity index (χ0) is 31.9. The maximum Gasteiger partial charge on any atom is 0.304 e. The molecule has 0 radical (unpaired) electrons. The summed E-state index contributed by atoms with van der Waals surface area (Å²) in [6, 6.07) is 12.8. The summed E-state index contributed by atoms with van der Waals surface area (Å²) in [6.45, 7) is 11.5. The fourth-order valence-electron chi connectivity index (χ4n) is 7.17. The van der Waals surface area contributed by atoms with Crippen molar-refractivity contribution < 1.29 is 19.4 Å². The van der Waals surface area contributed by atoms with Crippen molar-refractivity contribution in [2.45, 2.75) is 57.7 Å². The number of nitrogens with zero attached hydrogens (tertiary/aromatic N) is 4. The third kappa shape index (κ3) is 7.50. The summed E-state index contributed by atoms with van der Waals surface area (Å²) in [5.41, 5.74) is 5.10. The number of carboxylic acids is 1. The van der Waals surface area contributed by atoms with Crippen molar-refractivity contribution in [1.82, 2.24) is 19.8 Å². The maximum absolute atomic E-state index is 11.5. The number of benzene rings is 1. The van der Waals surface area contributed by atoms with E-state index < -0.39 is 11.5 Å². The Morgan fingerprint density at radius 3 is 2.83 bits per heavy atom. The summed E-state index contributed by atoms with van der Waals surface area (Å²) in [6.07, 6.45) is 13.6. The molecule has 2 fully saturated rings. The standard InChI is InChI=1S/C37H47N5O4/c1-27-8-3-4-10-32(27)33-11-7-13-37(28(33)2,26-46-21-18-41-16-19-45-20-17-41)40-36-35-30(12-14-38-36)22-29(24-39-35)25-42-15-6-5-9-31(42)23-34(43)44/h3-4,7-8,10-14,22,24,28,31H,5-6,9,15-21,23,25-26H2,1-2H3,(H,38,40)(H,43,44). The number of ether oxygens (including phenoxy) is 2. The van der Waals surface area contributed by atoms with Crippen LogP contribution in [-0.4, -0.2) is 95.0 Å². The number of rotatable bonds is 12. The molecule has 0 spiro atoms. The number of pyridine rings is 2. The van der Waals surface area contributed by atoms with E-state index in [0.29, 0.717) is 19.8 Å². The molecule has 3 aliphatic rings. The lowest BCUT2D eigenvalue weighted by Crippen LogP contribution is -2.49. The monoisotopic (exact) mass is 625 g/mol. The summed E-state index contributed by atoms with van der Waals surface area (Å²) in [7, 11) is 0. The summed E-state index contributed by atoms with van der Waals surface area (Å²) in [5.74, 6) is 0.0782. The Kier molecular flexibility index (Phi) is 10.4. The van der Waals surface area contributed by atoms with E-state index in [4.69, 9.17) is 19.4 Å². The second-order valence-corrected chi connectivity index (χ2v) is 13.0. The number of carbonyl (C=O) groups is 1. The molecule has 1 aromatic carbocycles. The van der Waals surface area contributed by atoms with Crippen molar-refractivity contribution in [2.75, 3.05) is 57.9 Å². The number of aliphatic carboxylic acids is 1. The number of allylic oxidation sites excluding steroid dienone is 2. The third-order valence-electron chi connectivity index (χ3n) is 9.91. The quantitative estimate of drug-likeness (QED) is 0.251. The SMILES string of the molecule is Cc1ccccc1C1=CC=CC(COCCN2CCOCC2)(Nc2nccc3cc(CN4CCCCC4CC(=O)O)cnc23)C1C. The summed E-state index contributed by atoms with van der Waals surface area (Å²) >= 11 is 0. The van der Waals surface area contributed by atoms with Gasteiger partial charge in [0.15, 0.2) is 5.82 Å². The second kappa shape index (κ2) is 14.9. The largest absolute Gasteiger partial charge is 0.481 e. The highest BCUT2D eigenvalue weighted by Crippen LogP contribution is 2.40. The summed E-state index contributed by atoms with van der Waals surface area (Å²) in [5, 5.41) is 14.3. The number of aryl methyl sites for hydroxylation is 1. The zero-order valence-corrected chi connectivity index (χ0v) is 27.2. The van der Waals surface area contributed by atoms with Gasteiger partial charge in [0.1, 0.15) is 5.52 Å². The first-order valence-corrected chi connectivity index (χ1v) is 16.7. The van der Waals surface area contributed by atoms with E-state index in [9.17, 15) is 9.90 Å². The lowest BCUT2D eigenvalue weighted by Gasteiger charge is -2.41. The molecular formula is C37H47N5O4. The Morgan fingerprint density at radius 1 is 1.15 bits per heavy atom. The molecule has 0 bridgehead atoms. The van der Waals surface area contributed by atoms with Gasteiger partial charge in [0, 0.05) is 55.9 Å². The number of fused-ring (bicyclic) bond motifs is 1. The van der Waals surface area contributed by atoms with Gasteiger partial charge in [-0.2, -0.15) is 0 Å². The van der Waals surface area contributed by atoms with Crippen molar-refractivity contribution in [3.8, 4) is 0 Å². The van der Waals surface area contributed by atoms with E-state index >= 15 is 0 Å². The topological polar surface area (TPSA) is 100 Å². The molecule has 2 aliphatic heterocycles. The minimum atomic E-state index is -0.735. The number of hydrogen-bond donors (Lipinski definition) is 2. The van der Waals surface area contributed by atoms with Crippen molar-refractivity contribution in [1.29, 1.82) is 0 Å². The van der Waals surface area contributed by atoms with Gasteiger partial charge in [0.25, 0.3) is 0 Å². The van der Waals surface area contributed by atoms with Crippen molar-refractivity contribution in [2.24, 2.45) is 5.92 Å². The van der Waals surface area contributed by atoms with Gasteiger partial charge in [0.05, 0.1) is 38.4 Å². The van der Waals surface area contributed by atoms with Crippen molar-refractivity contribution in [3.63, 3.8) is 0 Å². The number of piperidine rings is 1. The number of nitrogens with one attached hydrogen (secondary N) is 1. The van der Waals surface area contributed by atoms with E-state index in [1.807, 2.05) is 18.5 Å². The van der Waals surface area contributed by atoms with Crippen molar-refractivity contribution >= 4 is 28.3 Å². The molecule has 46 heavy (non-hydrogen) atoms. The summed E-state index contributed by atoms with van der Waals surface area (Å²) in [4.78, 5) is 25.9. The van der Waals surface area contributed by atoms with Crippen LogP contribution >= 0.6 is 0 Å². The molecule has 244 valence electrons. The molecule has 2 saturated heterocycles. The molecule has 2 aromatic heterocycles. The van der Waals surface area contributed by atoms with E-state index in [-0.39, 0.29) is 18.4 Å². The lowest BCUT2D eigenvalue weighted by molar-refractivity contribution is -0.138. The van der Waals surface area contributed by atoms with Crippen LogP contribution in [0.5, 0.6) is 0 Å². The Bertz CT molecular complexity index is 1570. The van der Waals surface area contributed by atoms with Gasteiger partial charge in [-0.15, -0.1) is 0 Å². The van der Waals surface area contributed by atoms with Crippen molar-refractivity contribution in [3.05, 3.63) is 83.7 Å². The van der Waals surface area contributed by atoms with Gasteiger partial charge in [-0.05, 0) is 60.7 Å². The lowest BCUT2D eigenvalue weighted by atomic mass is 9.74. The second-order valence-electron chi connectivity index (χ2n) is 13.0. The van der Waals surface area contributed by atoms with E-state index in [2.05, 4.69) is 77.5 Å². The van der Waals surface area contributed by atoms with Crippen LogP contribution in [0, 0.1) is 12.8 Å². The van der Waals surface area contributed by atoms with Crippen LogP contribution in [0.3, 0.4) is 0 Å². The van der Waals surface area contributed by atoms with Crippen LogP contribution in [0.15, 0.2) is 67.0 Å². The molecule has 9 nitrogen and oxygen atoms in total. The summed E-state index contributed by atoms with van der Waals surface area (Å²) < 4.78 is 12.0. The highest BCUT2D eigenvalue weighted by atomic mass is 16.5. The highest BCUT2D eigenvalue weighted by Gasteiger charge is 2.39. The molecule has 3 atom stereocenters. The molecule has 6 rings (SSSR count). The first-order valence-electron chi connectivity index (χ1n) is 16.7. The average molecular weight is 626 g/mol. The van der Waals surface area contributed by atoms with Crippen LogP contribution in [-0.2, 0) is 20.8 Å². The predicted molar refractivity (Wildman–Crippen MR) is 182 cm³/mol. The molecular weight excluding hydrogens is 578 g/mol. The van der Waals surface area contributed by atoms with Crippen LogP contribution in [0.4, 0.5) is 5.82 Å². The average Bonchev–Trinajstić information content (AvgIpc) is 3.06. The van der Waals surface area contributed by atoms with E-state index in [1.165, 1.54) is 16.7 Å². The smallest absolute Gasteiger partial charge is 0.304 e. The van der Waals surface area contributed by atoms with E-state index in [1.54, 1.807) is 0 Å². The van der Waals surface area contributed by atoms with Crippen LogP contribution in [0.2, 0.25) is 0 Å². The molecule has 9 heteroatoms. The molecule has 1 aliphatic carbocycles. The molecule has 2 N–H and O–H groups in total. The first kappa shape index (κ1) is 32.3. The number of carboxylic acid groups (broad SMARTS) is 1. The van der Waals surface area contributed by atoms with E-state index in [0.717, 1.165) is 80.9 Å². The van der Waals surface area contributed by atoms with Crippen LogP contribution < -0.4 is 5.32 Å². The number of hydrogen-bond acceptors (Lipinski definition) is 8. The van der Waals surface area contributed by atoms with Gasteiger partial charge >= 0.3 is 5.97 Å². The Balaban J connectivity index is 1.25. The molecule has 0 saturated carbocycles. The van der Waals surface area contributed by atoms with Gasteiger partial charge in [0.2, 0.25) is 0 Å². The van der Waals surface area contributed by atoms with Gasteiger partial charge < -0.3 is 19.9 Å². The Labute approximate surface area is 272 Å². The number of morpholine rings is 1. The first-order chi connectivity index (χ1) is 22.4. The minimum Gasteiger partial charge on any atom is -0.481 e. The normalized spacial score (nSPS) is 24.2. The van der Waals surface area contributed by atoms with Gasteiger partial charge in [-0.25, -0.2) is 4.98 Å². The number of likely N-dealkylation sites (tertiary alicyclic amines) is 1. The zero-order valence-electron chi connectivity index (χ0n) is 27.2. The van der Waals surface area contributed by atoms with Gasteiger partial charge in [-0.1, -0.05) is 55.8 Å². The number of anilines is 1.